The van der Waals surface area contributed by atoms with Crippen LogP contribution in [0.5, 0.6) is 0 Å². The molecule has 1 aromatic rings. The van der Waals surface area contributed by atoms with Gasteiger partial charge in [0.2, 0.25) is 0 Å². The molecule has 0 unspecified atom stereocenters. The molecule has 1 heterocycles. The standard InChI is InChI=1S/C16H22N2S/c1-2-3-13-18-14(15(17)19-13)16-7-10-4-11(8-16)6-12(5-10)9-16/h2-3,10-12H,4-9,17H2,1H3/b3-2+. The lowest BCUT2D eigenvalue weighted by Crippen LogP contribution is -2.49. The number of rotatable bonds is 2. The van der Waals surface area contributed by atoms with Crippen LogP contribution in [0.3, 0.4) is 0 Å². The second-order valence-electron chi connectivity index (χ2n) is 6.96. The van der Waals surface area contributed by atoms with Crippen LogP contribution in [-0.4, -0.2) is 4.98 Å². The van der Waals surface area contributed by atoms with Crippen molar-refractivity contribution in [2.45, 2.75) is 50.9 Å². The van der Waals surface area contributed by atoms with Crippen LogP contribution >= 0.6 is 11.3 Å². The Kier molecular flexibility index (Phi) is 2.57. The summed E-state index contributed by atoms with van der Waals surface area (Å²) in [5, 5.41) is 2.07. The maximum atomic E-state index is 6.32. The lowest BCUT2D eigenvalue weighted by atomic mass is 9.49. The van der Waals surface area contributed by atoms with Crippen molar-refractivity contribution in [3.63, 3.8) is 0 Å². The molecule has 2 N–H and O–H groups in total. The zero-order valence-corrected chi connectivity index (χ0v) is 12.4. The topological polar surface area (TPSA) is 38.9 Å². The van der Waals surface area contributed by atoms with Gasteiger partial charge in [0.1, 0.15) is 10.0 Å². The van der Waals surface area contributed by atoms with Crippen LogP contribution < -0.4 is 5.73 Å². The van der Waals surface area contributed by atoms with Crippen molar-refractivity contribution >= 4 is 22.4 Å². The SMILES string of the molecule is C/C=C/c1nc(C23CC4CC(CC(C4)C2)C3)c(N)s1. The molecule has 0 saturated heterocycles. The van der Waals surface area contributed by atoms with E-state index >= 15 is 0 Å². The van der Waals surface area contributed by atoms with Gasteiger partial charge in [-0.2, -0.15) is 0 Å². The van der Waals surface area contributed by atoms with Crippen molar-refractivity contribution < 1.29 is 0 Å². The van der Waals surface area contributed by atoms with E-state index in [2.05, 4.69) is 12.2 Å². The first-order valence-corrected chi connectivity index (χ1v) is 8.39. The number of thiazole rings is 1. The Morgan fingerprint density at radius 1 is 1.16 bits per heavy atom. The van der Waals surface area contributed by atoms with E-state index in [1.165, 1.54) is 44.2 Å². The second kappa shape index (κ2) is 4.08. The van der Waals surface area contributed by atoms with Crippen molar-refractivity contribution in [1.29, 1.82) is 0 Å². The first-order valence-electron chi connectivity index (χ1n) is 7.58. The van der Waals surface area contributed by atoms with E-state index in [4.69, 9.17) is 10.7 Å². The van der Waals surface area contributed by atoms with E-state index < -0.39 is 0 Å². The Morgan fingerprint density at radius 2 is 1.74 bits per heavy atom. The summed E-state index contributed by atoms with van der Waals surface area (Å²) in [6.45, 7) is 2.04. The third-order valence-corrected chi connectivity index (χ3v) is 6.37. The van der Waals surface area contributed by atoms with Gasteiger partial charge in [-0.05, 0) is 69.3 Å². The molecule has 4 aliphatic carbocycles. The van der Waals surface area contributed by atoms with E-state index in [1.807, 2.05) is 6.92 Å². The van der Waals surface area contributed by atoms with Crippen molar-refractivity contribution in [3.8, 4) is 0 Å². The number of aromatic nitrogens is 1. The maximum absolute atomic E-state index is 6.32. The van der Waals surface area contributed by atoms with Gasteiger partial charge < -0.3 is 5.73 Å². The average Bonchev–Trinajstić information content (AvgIpc) is 2.70. The van der Waals surface area contributed by atoms with Crippen LogP contribution in [-0.2, 0) is 5.41 Å². The van der Waals surface area contributed by atoms with Gasteiger partial charge in [0.05, 0.1) is 5.69 Å². The third kappa shape index (κ3) is 1.78. The summed E-state index contributed by atoms with van der Waals surface area (Å²) in [6.07, 6.45) is 12.6. The monoisotopic (exact) mass is 274 g/mol. The van der Waals surface area contributed by atoms with E-state index in [9.17, 15) is 0 Å². The zero-order valence-electron chi connectivity index (χ0n) is 11.6. The summed E-state index contributed by atoms with van der Waals surface area (Å²) in [6, 6.07) is 0. The van der Waals surface area contributed by atoms with E-state index in [0.717, 1.165) is 27.8 Å². The fourth-order valence-electron chi connectivity index (χ4n) is 5.34. The van der Waals surface area contributed by atoms with Gasteiger partial charge in [-0.25, -0.2) is 4.98 Å². The number of nitrogens with zero attached hydrogens (tertiary/aromatic N) is 1. The lowest BCUT2D eigenvalue weighted by molar-refractivity contribution is -0.00659. The number of allylic oxidation sites excluding steroid dienone is 1. The Balaban J connectivity index is 1.75. The molecule has 0 aliphatic heterocycles. The minimum atomic E-state index is 0.342. The molecule has 4 aliphatic rings. The smallest absolute Gasteiger partial charge is 0.118 e. The van der Waals surface area contributed by atoms with E-state index in [1.54, 1.807) is 11.3 Å². The van der Waals surface area contributed by atoms with E-state index in [0.29, 0.717) is 5.41 Å². The summed E-state index contributed by atoms with van der Waals surface area (Å²) in [7, 11) is 0. The first kappa shape index (κ1) is 12.0. The fourth-order valence-corrected chi connectivity index (χ4v) is 6.27. The lowest BCUT2D eigenvalue weighted by Gasteiger charge is -2.56. The van der Waals surface area contributed by atoms with Crippen LogP contribution in [0.2, 0.25) is 0 Å². The second-order valence-corrected chi connectivity index (χ2v) is 8.03. The molecular formula is C16H22N2S. The van der Waals surface area contributed by atoms with Gasteiger partial charge in [0.25, 0.3) is 0 Å². The molecule has 1 aromatic heterocycles. The summed E-state index contributed by atoms with van der Waals surface area (Å²) >= 11 is 1.67. The number of anilines is 1. The first-order chi connectivity index (χ1) is 9.18. The summed E-state index contributed by atoms with van der Waals surface area (Å²) in [4.78, 5) is 4.90. The van der Waals surface area contributed by atoms with Crippen molar-refractivity contribution in [2.24, 2.45) is 17.8 Å². The Hall–Kier alpha value is -0.830. The maximum Gasteiger partial charge on any atom is 0.118 e. The van der Waals surface area contributed by atoms with Gasteiger partial charge in [-0.15, -0.1) is 0 Å². The number of hydrogen-bond donors (Lipinski definition) is 1. The molecule has 4 saturated carbocycles. The summed E-state index contributed by atoms with van der Waals surface area (Å²) in [5.74, 6) is 2.87. The van der Waals surface area contributed by atoms with Crippen LogP contribution in [0.4, 0.5) is 5.00 Å². The largest absolute Gasteiger partial charge is 0.389 e. The van der Waals surface area contributed by atoms with Crippen LogP contribution in [0.15, 0.2) is 6.08 Å². The summed E-state index contributed by atoms with van der Waals surface area (Å²) < 4.78 is 0. The molecule has 0 amide bonds. The Morgan fingerprint density at radius 3 is 2.26 bits per heavy atom. The molecule has 19 heavy (non-hydrogen) atoms. The number of nitrogen functional groups attached to an aromatic ring is 1. The van der Waals surface area contributed by atoms with Gasteiger partial charge in [-0.1, -0.05) is 17.4 Å². The highest BCUT2D eigenvalue weighted by Gasteiger charge is 2.53. The number of nitrogens with two attached hydrogens (primary N) is 1. The van der Waals surface area contributed by atoms with Crippen LogP contribution in [0, 0.1) is 17.8 Å². The van der Waals surface area contributed by atoms with Crippen molar-refractivity contribution in [2.75, 3.05) is 5.73 Å². The molecule has 102 valence electrons. The molecule has 5 rings (SSSR count). The minimum Gasteiger partial charge on any atom is -0.389 e. The third-order valence-electron chi connectivity index (χ3n) is 5.52. The van der Waals surface area contributed by atoms with Gasteiger partial charge in [0.15, 0.2) is 0 Å². The van der Waals surface area contributed by atoms with Crippen molar-refractivity contribution in [1.82, 2.24) is 4.98 Å². The van der Waals surface area contributed by atoms with Crippen LogP contribution in [0.25, 0.3) is 6.08 Å². The Labute approximate surface area is 119 Å². The molecule has 0 radical (unpaired) electrons. The minimum absolute atomic E-state index is 0.342. The van der Waals surface area contributed by atoms with Crippen LogP contribution in [0.1, 0.15) is 56.2 Å². The predicted molar refractivity (Wildman–Crippen MR) is 81.1 cm³/mol. The van der Waals surface area contributed by atoms with Gasteiger partial charge >= 0.3 is 0 Å². The molecular weight excluding hydrogens is 252 g/mol. The normalized spacial score (nSPS) is 40.4. The molecule has 0 atom stereocenters. The quantitative estimate of drug-likeness (QED) is 0.876. The molecule has 4 bridgehead atoms. The Bertz CT molecular complexity index is 494. The molecule has 0 spiro atoms. The number of hydrogen-bond acceptors (Lipinski definition) is 3. The zero-order chi connectivity index (χ0) is 13.0. The molecule has 2 nitrogen and oxygen atoms in total. The summed E-state index contributed by atoms with van der Waals surface area (Å²) in [5.41, 5.74) is 7.91. The molecule has 3 heteroatoms. The highest BCUT2D eigenvalue weighted by Crippen LogP contribution is 2.61. The van der Waals surface area contributed by atoms with Crippen molar-refractivity contribution in [3.05, 3.63) is 16.8 Å². The fraction of sp³-hybridized carbons (Fsp3) is 0.688. The predicted octanol–water partition coefficient (Wildman–Crippen LogP) is 4.23. The molecule has 0 aromatic carbocycles. The average molecular weight is 274 g/mol. The van der Waals surface area contributed by atoms with Gasteiger partial charge in [0, 0.05) is 5.41 Å². The van der Waals surface area contributed by atoms with E-state index in [-0.39, 0.29) is 0 Å². The highest BCUT2D eigenvalue weighted by molar-refractivity contribution is 7.16. The van der Waals surface area contributed by atoms with Gasteiger partial charge in [-0.3, -0.25) is 0 Å². The molecule has 4 fully saturated rings. The highest BCUT2D eigenvalue weighted by atomic mass is 32.1.